The lowest BCUT2D eigenvalue weighted by atomic mass is 9.93. The fourth-order valence-electron chi connectivity index (χ4n) is 19.8. The molecule has 9 fully saturated rings. The monoisotopic (exact) mass is 2140 g/mol. The molecule has 9 heterocycles. The SMILES string of the molecule is CCCCCCCCCCCCC/C=C/[C@@H](O)[C@H](CO[C@@H]1OC(CO)[C@@H](O[C@@H]2OC(CO)[C@H](O)[C@H](O[C@@H]3OC(CO)[C@@H](O)[C@H](O[C@@H]4OC(CO[C@@H]5OC(CO)[C@@H](O)[C@H](O)C5NC(C)=O)[C@H](O)[C@H](O[C@@H]5OC(CO)[C@@H](O)[C@H](O[C@@H]6OC(CO)[C@H](O)[C@H](O[C@H]7OC(CO)[C@H](O)[C@H](O)C7NC(C)=O)C6O[C@H]6OC(C)[C@@H](O)C(O)[C@@H]6O)C5NC(C)=O)C4O)C3NC(C)=O)C2O)[C@H](O)C1O)NC(=O)CCCCCCCCCCCCCCC. The molecule has 47 atom stereocenters. The van der Waals surface area contributed by atoms with Gasteiger partial charge >= 0.3 is 0 Å². The third-order valence-corrected chi connectivity index (χ3v) is 28.3. The molecule has 9 rings (SSSR count). The number of hydrogen-bond donors (Lipinski definition) is 29. The Bertz CT molecular complexity index is 3820. The van der Waals surface area contributed by atoms with E-state index in [2.05, 4.69) is 40.4 Å². The quantitative estimate of drug-likeness (QED) is 0.0199. The number of ether oxygens (including phenoxy) is 18. The third kappa shape index (κ3) is 35.2. The van der Waals surface area contributed by atoms with E-state index >= 15 is 0 Å². The lowest BCUT2D eigenvalue weighted by molar-refractivity contribution is -0.401. The number of unbranched alkanes of at least 4 members (excludes halogenated alkanes) is 23. The molecule has 0 aromatic heterocycles. The van der Waals surface area contributed by atoms with Crippen LogP contribution in [-0.2, 0) is 109 Å². The second-order valence-electron chi connectivity index (χ2n) is 39.9. The molecule has 0 aliphatic carbocycles. The highest BCUT2D eigenvalue weighted by molar-refractivity contribution is 5.76. The number of rotatable bonds is 60. The van der Waals surface area contributed by atoms with Gasteiger partial charge in [-0.3, -0.25) is 24.0 Å². The van der Waals surface area contributed by atoms with E-state index in [0.29, 0.717) is 12.8 Å². The van der Waals surface area contributed by atoms with Gasteiger partial charge in [-0.15, -0.1) is 0 Å². The van der Waals surface area contributed by atoms with E-state index < -0.39 is 377 Å². The minimum Gasteiger partial charge on any atom is -0.394 e. The van der Waals surface area contributed by atoms with E-state index in [1.54, 1.807) is 0 Å². The molecule has 0 aromatic carbocycles. The van der Waals surface area contributed by atoms with Crippen LogP contribution in [0.4, 0.5) is 0 Å². The smallest absolute Gasteiger partial charge is 0.220 e. The van der Waals surface area contributed by atoms with Crippen molar-refractivity contribution in [2.24, 2.45) is 0 Å². The molecule has 52 heteroatoms. The van der Waals surface area contributed by atoms with E-state index in [0.717, 1.165) is 91.9 Å². The van der Waals surface area contributed by atoms with Gasteiger partial charge in [-0.25, -0.2) is 0 Å². The van der Waals surface area contributed by atoms with E-state index in [4.69, 9.17) is 85.3 Å². The average molecular weight is 2150 g/mol. The first kappa shape index (κ1) is 127. The van der Waals surface area contributed by atoms with Crippen LogP contribution < -0.4 is 26.6 Å². The van der Waals surface area contributed by atoms with Crippen molar-refractivity contribution in [1.29, 1.82) is 0 Å². The van der Waals surface area contributed by atoms with E-state index in [-0.39, 0.29) is 6.42 Å². The molecule has 9 aliphatic heterocycles. The maximum absolute atomic E-state index is 13.8. The summed E-state index contributed by atoms with van der Waals surface area (Å²) in [5, 5.41) is 289. The topological polar surface area (TPSA) is 797 Å². The highest BCUT2D eigenvalue weighted by atomic mass is 16.8. The van der Waals surface area contributed by atoms with Crippen LogP contribution in [0.15, 0.2) is 12.2 Å². The number of hydrogen-bond acceptors (Lipinski definition) is 47. The van der Waals surface area contributed by atoms with Crippen molar-refractivity contribution in [2.45, 2.75) is 504 Å². The molecule has 148 heavy (non-hydrogen) atoms. The van der Waals surface area contributed by atoms with Gasteiger partial charge in [0.25, 0.3) is 0 Å². The van der Waals surface area contributed by atoms with Crippen molar-refractivity contribution < 1.29 is 232 Å². The molecule has 29 N–H and O–H groups in total. The Morgan fingerprint density at radius 3 is 1.05 bits per heavy atom. The molecule has 18 unspecified atom stereocenters. The van der Waals surface area contributed by atoms with E-state index in [9.17, 15) is 147 Å². The van der Waals surface area contributed by atoms with Crippen molar-refractivity contribution >= 4 is 29.5 Å². The van der Waals surface area contributed by atoms with Crippen LogP contribution in [0, 0.1) is 0 Å². The summed E-state index contributed by atoms with van der Waals surface area (Å²) in [5.74, 6) is -4.18. The Hall–Kier alpha value is -4.59. The first-order chi connectivity index (χ1) is 70.7. The van der Waals surface area contributed by atoms with Gasteiger partial charge in [0.1, 0.15) is 213 Å². The van der Waals surface area contributed by atoms with Gasteiger partial charge in [0.15, 0.2) is 56.6 Å². The Labute approximate surface area is 859 Å². The van der Waals surface area contributed by atoms with Crippen LogP contribution in [0.5, 0.6) is 0 Å². The fraction of sp³-hybridized carbons (Fsp3) is 0.927. The normalized spacial score (nSPS) is 40.4. The van der Waals surface area contributed by atoms with Crippen LogP contribution in [0.25, 0.3) is 0 Å². The first-order valence-corrected chi connectivity index (χ1v) is 52.3. The minimum atomic E-state index is -2.61. The van der Waals surface area contributed by atoms with Gasteiger partial charge in [-0.2, -0.15) is 0 Å². The Balaban J connectivity index is 0.979. The summed E-state index contributed by atoms with van der Waals surface area (Å²) >= 11 is 0. The van der Waals surface area contributed by atoms with Crippen LogP contribution in [0.3, 0.4) is 0 Å². The molecular formula is C96H169N5O47. The number of amides is 5. The number of allylic oxidation sites excluding steroid dienone is 1. The van der Waals surface area contributed by atoms with Gasteiger partial charge in [-0.1, -0.05) is 167 Å². The van der Waals surface area contributed by atoms with Gasteiger partial charge < -0.3 is 234 Å². The van der Waals surface area contributed by atoms with Crippen molar-refractivity contribution in [3.63, 3.8) is 0 Å². The number of carbonyl (C=O) groups is 5. The molecular weight excluding hydrogens is 1980 g/mol. The van der Waals surface area contributed by atoms with Gasteiger partial charge in [-0.05, 0) is 26.2 Å². The van der Waals surface area contributed by atoms with Crippen LogP contribution >= 0.6 is 0 Å². The second-order valence-corrected chi connectivity index (χ2v) is 39.9. The Morgan fingerprint density at radius 2 is 0.601 bits per heavy atom. The lowest BCUT2D eigenvalue weighted by Crippen LogP contribution is -2.72. The molecule has 0 radical (unpaired) electrons. The van der Waals surface area contributed by atoms with Gasteiger partial charge in [0.2, 0.25) is 29.5 Å². The largest absolute Gasteiger partial charge is 0.394 e. The van der Waals surface area contributed by atoms with Crippen molar-refractivity contribution in [3.05, 3.63) is 12.2 Å². The zero-order chi connectivity index (χ0) is 108. The summed E-state index contributed by atoms with van der Waals surface area (Å²) in [6.45, 7) is 0.00932. The molecule has 0 spiro atoms. The summed E-state index contributed by atoms with van der Waals surface area (Å²) in [6.07, 6.45) is -56.7. The van der Waals surface area contributed by atoms with E-state index in [1.165, 1.54) is 96.5 Å². The number of aliphatic hydroxyl groups excluding tert-OH is 24. The highest BCUT2D eigenvalue weighted by Gasteiger charge is 2.62. The maximum atomic E-state index is 13.8. The predicted molar refractivity (Wildman–Crippen MR) is 504 cm³/mol. The molecule has 0 saturated carbocycles. The zero-order valence-corrected chi connectivity index (χ0v) is 85.2. The minimum absolute atomic E-state index is 0.122. The van der Waals surface area contributed by atoms with Crippen molar-refractivity contribution in [3.8, 4) is 0 Å². The highest BCUT2D eigenvalue weighted by Crippen LogP contribution is 2.42. The van der Waals surface area contributed by atoms with Crippen LogP contribution in [-0.4, -0.2) is 500 Å². The summed E-state index contributed by atoms with van der Waals surface area (Å²) in [5.41, 5.74) is 0. The van der Waals surface area contributed by atoms with E-state index in [1.807, 2.05) is 6.08 Å². The standard InChI is InChI=1S/C96H169N5O47/c1-8-10-12-14-16-18-20-22-24-26-28-30-32-34-51(113)50(101-60(114)35-33-31-29-27-25-23-21-19-17-15-13-11-9-2)43-131-92-78(128)76(126)81(58(42-108)140-92)142-94-79(129)84(70(120)56(40-106)138-94)145-90-63(99-48(6)111)82(68(118)54(38-104)136-90)143-95-80(130)85(72(122)59(141-95)44-132-88-61(97-46(4)109)73(123)66(116)52(36-102)134-88)146-91-64(100-49(7)112)83(69(119)55(39-105)137-91)144-96-87(148-93-77(127)75(125)65(115)45(3)133-93)86(71(121)57(41-107)139-96)147-89-62(98-47(5)110)74(124)67(117)53(37-103)135-89/h32,34,45,50-59,61-96,102-108,113,115-130H,8-31,33,35-44H2,1-7H3,(H,97,109)(H,98,110)(H,99,111)(H,100,112)(H,101,114)/b34-32+/t45?,50-,51+,52?,53?,54?,55?,56?,57?,58?,59?,61?,62?,63?,64?,65+,66+,67-,68+,69+,70-,71-,72-,73+,74+,75?,76+,77-,78?,79?,80?,81+,82+,83+,84-,85-,86-,87?,88+,89+,90-,91-,92+,93+,94-,95-,96-/m0/s1. The summed E-state index contributed by atoms with van der Waals surface area (Å²) in [6, 6.07) is -8.88. The van der Waals surface area contributed by atoms with Crippen LogP contribution in [0.1, 0.15) is 215 Å². The number of aliphatic hydroxyl groups is 24. The molecule has 9 aliphatic rings. The molecule has 0 bridgehead atoms. The second kappa shape index (κ2) is 63.7. The van der Waals surface area contributed by atoms with Crippen molar-refractivity contribution in [1.82, 2.24) is 26.6 Å². The zero-order valence-electron chi connectivity index (χ0n) is 85.2. The number of nitrogens with one attached hydrogen (secondary N) is 5. The maximum Gasteiger partial charge on any atom is 0.220 e. The average Bonchev–Trinajstić information content (AvgIpc) is 0.759. The lowest BCUT2D eigenvalue weighted by Gasteiger charge is -2.52. The van der Waals surface area contributed by atoms with Crippen molar-refractivity contribution in [2.75, 3.05) is 59.5 Å². The number of carbonyl (C=O) groups excluding carboxylic acids is 5. The molecule has 5 amide bonds. The first-order valence-electron chi connectivity index (χ1n) is 52.3. The summed E-state index contributed by atoms with van der Waals surface area (Å²) in [4.78, 5) is 66.6. The van der Waals surface area contributed by atoms with Crippen LogP contribution in [0.2, 0.25) is 0 Å². The molecule has 52 nitrogen and oxygen atoms in total. The Morgan fingerprint density at radius 1 is 0.284 bits per heavy atom. The third-order valence-electron chi connectivity index (χ3n) is 28.3. The Kier molecular flexibility index (Phi) is 54.6. The summed E-state index contributed by atoms with van der Waals surface area (Å²) < 4.78 is 110. The van der Waals surface area contributed by atoms with Gasteiger partial charge in [0, 0.05) is 34.1 Å². The predicted octanol–water partition coefficient (Wildman–Crippen LogP) is -8.42. The fourth-order valence-corrected chi connectivity index (χ4v) is 19.8. The molecule has 9 saturated heterocycles. The molecule has 860 valence electrons. The molecule has 0 aromatic rings. The summed E-state index contributed by atoms with van der Waals surface area (Å²) in [7, 11) is 0. The van der Waals surface area contributed by atoms with Gasteiger partial charge in [0.05, 0.1) is 77.7 Å².